The Hall–Kier alpha value is 0.270. The summed E-state index contributed by atoms with van der Waals surface area (Å²) in [5.41, 5.74) is 0. The molecule has 0 amide bonds. The summed E-state index contributed by atoms with van der Waals surface area (Å²) in [7, 11) is 0. The predicted octanol–water partition coefficient (Wildman–Crippen LogP) is 2.74. The van der Waals surface area contributed by atoms with Crippen molar-refractivity contribution in [3.05, 3.63) is 0 Å². The Morgan fingerprint density at radius 2 is 1.76 bits per heavy atom. The molecular formula is C14H28N2S. The second-order valence-corrected chi connectivity index (χ2v) is 6.67. The van der Waals surface area contributed by atoms with Gasteiger partial charge in [0.05, 0.1) is 0 Å². The minimum Gasteiger partial charge on any atom is -0.313 e. The molecule has 0 aromatic heterocycles. The van der Waals surface area contributed by atoms with Gasteiger partial charge in [0.25, 0.3) is 0 Å². The number of hydrogen-bond donors (Lipinski definition) is 1. The van der Waals surface area contributed by atoms with E-state index in [1.54, 1.807) is 0 Å². The second-order valence-electron chi connectivity index (χ2n) is 5.45. The van der Waals surface area contributed by atoms with Crippen LogP contribution in [-0.2, 0) is 0 Å². The van der Waals surface area contributed by atoms with E-state index in [9.17, 15) is 0 Å². The lowest BCUT2D eigenvalue weighted by atomic mass is 10.1. The third-order valence-corrected chi connectivity index (χ3v) is 5.08. The van der Waals surface area contributed by atoms with Gasteiger partial charge in [0, 0.05) is 31.4 Å². The van der Waals surface area contributed by atoms with Crippen LogP contribution in [0.1, 0.15) is 44.9 Å². The summed E-state index contributed by atoms with van der Waals surface area (Å²) in [6.45, 7) is 5.09. The van der Waals surface area contributed by atoms with Crippen LogP contribution in [0.15, 0.2) is 0 Å². The number of thioether (sulfide) groups is 1. The van der Waals surface area contributed by atoms with Crippen molar-refractivity contribution in [3.63, 3.8) is 0 Å². The highest BCUT2D eigenvalue weighted by atomic mass is 32.2. The summed E-state index contributed by atoms with van der Waals surface area (Å²) in [4.78, 5) is 2.64. The normalized spacial score (nSPS) is 25.4. The average molecular weight is 256 g/mol. The molecule has 2 rings (SSSR count). The van der Waals surface area contributed by atoms with E-state index in [0.29, 0.717) is 0 Å². The fourth-order valence-corrected chi connectivity index (χ4v) is 3.86. The van der Waals surface area contributed by atoms with Crippen molar-refractivity contribution in [2.24, 2.45) is 0 Å². The summed E-state index contributed by atoms with van der Waals surface area (Å²) < 4.78 is 0. The second kappa shape index (κ2) is 8.39. The summed E-state index contributed by atoms with van der Waals surface area (Å²) >= 11 is 2.12. The molecule has 2 nitrogen and oxygen atoms in total. The van der Waals surface area contributed by atoms with E-state index >= 15 is 0 Å². The van der Waals surface area contributed by atoms with Crippen molar-refractivity contribution in [1.82, 2.24) is 10.2 Å². The first-order chi connectivity index (χ1) is 8.45. The van der Waals surface area contributed by atoms with Crippen molar-refractivity contribution >= 4 is 11.8 Å². The highest BCUT2D eigenvalue weighted by Crippen LogP contribution is 2.17. The van der Waals surface area contributed by atoms with Crippen molar-refractivity contribution < 1.29 is 0 Å². The van der Waals surface area contributed by atoms with Crippen LogP contribution in [0.5, 0.6) is 0 Å². The topological polar surface area (TPSA) is 15.3 Å². The van der Waals surface area contributed by atoms with Crippen molar-refractivity contribution in [3.8, 4) is 0 Å². The third-order valence-electron chi connectivity index (χ3n) is 4.03. The zero-order valence-electron chi connectivity index (χ0n) is 11.1. The summed E-state index contributed by atoms with van der Waals surface area (Å²) in [6, 6.07) is 0.818. The van der Waals surface area contributed by atoms with Crippen LogP contribution in [0, 0.1) is 0 Å². The number of hydrogen-bond acceptors (Lipinski definition) is 3. The van der Waals surface area contributed by atoms with Gasteiger partial charge in [0.2, 0.25) is 0 Å². The SMILES string of the molecule is C1CCCC(NCCN2CCCSCC2)CC1. The zero-order valence-corrected chi connectivity index (χ0v) is 11.9. The van der Waals surface area contributed by atoms with Gasteiger partial charge < -0.3 is 10.2 Å². The molecule has 0 atom stereocenters. The van der Waals surface area contributed by atoms with Crippen molar-refractivity contribution in [2.45, 2.75) is 51.0 Å². The average Bonchev–Trinajstić information content (AvgIpc) is 2.73. The maximum atomic E-state index is 3.78. The minimum absolute atomic E-state index is 0.818. The maximum absolute atomic E-state index is 3.78. The number of nitrogens with zero attached hydrogens (tertiary/aromatic N) is 1. The standard InChI is InChI=1S/C14H28N2S/c1-2-4-7-14(6-3-1)15-8-10-16-9-5-12-17-13-11-16/h14-15H,1-13H2. The molecule has 1 heterocycles. The number of rotatable bonds is 4. The maximum Gasteiger partial charge on any atom is 0.0107 e. The summed E-state index contributed by atoms with van der Waals surface area (Å²) in [5.74, 6) is 2.70. The van der Waals surface area contributed by atoms with Gasteiger partial charge >= 0.3 is 0 Å². The smallest absolute Gasteiger partial charge is 0.0107 e. The van der Waals surface area contributed by atoms with Crippen molar-refractivity contribution in [1.29, 1.82) is 0 Å². The number of nitrogens with one attached hydrogen (secondary N) is 1. The highest BCUT2D eigenvalue weighted by molar-refractivity contribution is 7.99. The quantitative estimate of drug-likeness (QED) is 0.779. The molecule has 1 aliphatic carbocycles. The lowest BCUT2D eigenvalue weighted by molar-refractivity contribution is 0.285. The molecule has 3 heteroatoms. The Morgan fingerprint density at radius 3 is 2.59 bits per heavy atom. The third kappa shape index (κ3) is 5.62. The molecule has 1 saturated carbocycles. The van der Waals surface area contributed by atoms with Crippen LogP contribution in [0.3, 0.4) is 0 Å². The van der Waals surface area contributed by atoms with Crippen LogP contribution >= 0.6 is 11.8 Å². The van der Waals surface area contributed by atoms with E-state index in [0.717, 1.165) is 6.04 Å². The lowest BCUT2D eigenvalue weighted by Crippen LogP contribution is -2.37. The van der Waals surface area contributed by atoms with E-state index in [4.69, 9.17) is 0 Å². The molecule has 0 spiro atoms. The first kappa shape index (κ1) is 13.7. The molecule has 0 radical (unpaired) electrons. The molecule has 1 N–H and O–H groups in total. The summed E-state index contributed by atoms with van der Waals surface area (Å²) in [6.07, 6.45) is 10.0. The van der Waals surface area contributed by atoms with Gasteiger partial charge in [-0.25, -0.2) is 0 Å². The fraction of sp³-hybridized carbons (Fsp3) is 1.00. The first-order valence-electron chi connectivity index (χ1n) is 7.48. The fourth-order valence-electron chi connectivity index (χ4n) is 2.93. The molecular weight excluding hydrogens is 228 g/mol. The Kier molecular flexibility index (Phi) is 6.76. The van der Waals surface area contributed by atoms with Crippen molar-refractivity contribution in [2.75, 3.05) is 37.7 Å². The molecule has 0 unspecified atom stereocenters. The molecule has 0 aromatic carbocycles. The monoisotopic (exact) mass is 256 g/mol. The predicted molar refractivity (Wildman–Crippen MR) is 77.9 cm³/mol. The Balaban J connectivity index is 1.57. The van der Waals surface area contributed by atoms with Gasteiger partial charge in [-0.05, 0) is 31.6 Å². The highest BCUT2D eigenvalue weighted by Gasteiger charge is 2.12. The van der Waals surface area contributed by atoms with E-state index in [2.05, 4.69) is 22.0 Å². The molecule has 1 aliphatic heterocycles. The first-order valence-corrected chi connectivity index (χ1v) is 8.64. The van der Waals surface area contributed by atoms with Gasteiger partial charge in [-0.1, -0.05) is 25.7 Å². The Labute approximate surface area is 111 Å². The molecule has 100 valence electrons. The summed E-state index contributed by atoms with van der Waals surface area (Å²) in [5, 5.41) is 3.78. The van der Waals surface area contributed by atoms with Crippen LogP contribution < -0.4 is 5.32 Å². The molecule has 0 aromatic rings. The van der Waals surface area contributed by atoms with Gasteiger partial charge in [0.15, 0.2) is 0 Å². The van der Waals surface area contributed by atoms with Crippen LogP contribution in [-0.4, -0.2) is 48.6 Å². The van der Waals surface area contributed by atoms with Gasteiger partial charge in [-0.3, -0.25) is 0 Å². The molecule has 17 heavy (non-hydrogen) atoms. The van der Waals surface area contributed by atoms with Gasteiger partial charge in [-0.2, -0.15) is 11.8 Å². The van der Waals surface area contributed by atoms with E-state index in [1.165, 1.54) is 82.6 Å². The van der Waals surface area contributed by atoms with Gasteiger partial charge in [-0.15, -0.1) is 0 Å². The van der Waals surface area contributed by atoms with E-state index < -0.39 is 0 Å². The molecule has 1 saturated heterocycles. The Morgan fingerprint density at radius 1 is 0.941 bits per heavy atom. The molecule has 2 aliphatic rings. The molecule has 0 bridgehead atoms. The largest absolute Gasteiger partial charge is 0.313 e. The van der Waals surface area contributed by atoms with Crippen LogP contribution in [0.2, 0.25) is 0 Å². The Bertz CT molecular complexity index is 163. The lowest BCUT2D eigenvalue weighted by Gasteiger charge is -2.22. The molecule has 2 fully saturated rings. The van der Waals surface area contributed by atoms with Crippen LogP contribution in [0.4, 0.5) is 0 Å². The van der Waals surface area contributed by atoms with E-state index in [-0.39, 0.29) is 0 Å². The van der Waals surface area contributed by atoms with E-state index in [1.807, 2.05) is 0 Å². The van der Waals surface area contributed by atoms with Crippen LogP contribution in [0.25, 0.3) is 0 Å². The van der Waals surface area contributed by atoms with Gasteiger partial charge in [0.1, 0.15) is 0 Å². The minimum atomic E-state index is 0.818. The zero-order chi connectivity index (χ0) is 11.8.